The molecule has 0 spiro atoms. The van der Waals surface area contributed by atoms with Gasteiger partial charge in [0.2, 0.25) is 0 Å². The van der Waals surface area contributed by atoms with Crippen molar-refractivity contribution in [1.82, 2.24) is 0 Å². The highest BCUT2D eigenvalue weighted by Crippen LogP contribution is 2.30. The van der Waals surface area contributed by atoms with Crippen LogP contribution in [0.15, 0.2) is 23.1 Å². The fourth-order valence-corrected chi connectivity index (χ4v) is 2.82. The largest absolute Gasteiger partial charge is 0.389 e. The lowest BCUT2D eigenvalue weighted by molar-refractivity contribution is 0.199. The maximum absolute atomic E-state index is 9.42. The third-order valence-electron chi connectivity index (χ3n) is 2.39. The van der Waals surface area contributed by atoms with Crippen LogP contribution in [0, 0.1) is 5.92 Å². The van der Waals surface area contributed by atoms with Crippen molar-refractivity contribution < 1.29 is 5.11 Å². The zero-order chi connectivity index (χ0) is 12.1. The summed E-state index contributed by atoms with van der Waals surface area (Å²) in [5, 5.41) is 10.2. The molecular weight excluding hydrogens is 240 g/mol. The number of thioether (sulfide) groups is 1. The topological polar surface area (TPSA) is 20.2 Å². The summed E-state index contributed by atoms with van der Waals surface area (Å²) in [6.45, 7) is 6.19. The van der Waals surface area contributed by atoms with Crippen LogP contribution in [-0.4, -0.2) is 10.9 Å². The number of hydrogen-bond donors (Lipinski definition) is 1. The van der Waals surface area contributed by atoms with Gasteiger partial charge in [-0.1, -0.05) is 31.5 Å². The van der Waals surface area contributed by atoms with E-state index in [4.69, 9.17) is 11.6 Å². The minimum atomic E-state index is -0.452. The number of halogens is 1. The normalized spacial score (nSPS) is 13.1. The van der Waals surface area contributed by atoms with E-state index in [1.165, 1.54) is 6.42 Å². The van der Waals surface area contributed by atoms with Crippen molar-refractivity contribution in [3.8, 4) is 0 Å². The summed E-state index contributed by atoms with van der Waals surface area (Å²) in [4.78, 5) is 1.10. The molecule has 0 aliphatic carbocycles. The summed E-state index contributed by atoms with van der Waals surface area (Å²) in [6.07, 6.45) is 0.742. The molecule has 1 N–H and O–H groups in total. The van der Waals surface area contributed by atoms with E-state index in [0.717, 1.165) is 27.2 Å². The number of aliphatic hydroxyl groups is 1. The molecule has 0 aliphatic heterocycles. The molecule has 1 aromatic rings. The molecule has 0 saturated heterocycles. The van der Waals surface area contributed by atoms with Gasteiger partial charge >= 0.3 is 0 Å². The lowest BCUT2D eigenvalue weighted by atomic mass is 10.1. The van der Waals surface area contributed by atoms with E-state index in [-0.39, 0.29) is 0 Å². The van der Waals surface area contributed by atoms with E-state index in [1.54, 1.807) is 18.7 Å². The molecule has 90 valence electrons. The lowest BCUT2D eigenvalue weighted by Gasteiger charge is -2.09. The van der Waals surface area contributed by atoms with E-state index in [0.29, 0.717) is 0 Å². The molecule has 3 heteroatoms. The Hall–Kier alpha value is -0.180. The highest BCUT2D eigenvalue weighted by atomic mass is 35.5. The summed E-state index contributed by atoms with van der Waals surface area (Å²) in [5.41, 5.74) is 0.873. The monoisotopic (exact) mass is 258 g/mol. The molecule has 1 atom stereocenters. The number of rotatable bonds is 5. The average Bonchev–Trinajstić information content (AvgIpc) is 2.19. The Morgan fingerprint density at radius 3 is 2.50 bits per heavy atom. The maximum atomic E-state index is 9.42. The fourth-order valence-electron chi connectivity index (χ4n) is 1.30. The SMILES string of the molecule is CC(C)CCSc1ccc([C@H](C)O)cc1Cl. The van der Waals surface area contributed by atoms with Crippen LogP contribution in [0.5, 0.6) is 0 Å². The van der Waals surface area contributed by atoms with E-state index in [2.05, 4.69) is 13.8 Å². The lowest BCUT2D eigenvalue weighted by Crippen LogP contribution is -1.92. The van der Waals surface area contributed by atoms with Crippen molar-refractivity contribution in [2.24, 2.45) is 5.92 Å². The maximum Gasteiger partial charge on any atom is 0.0762 e. The van der Waals surface area contributed by atoms with Crippen LogP contribution < -0.4 is 0 Å². The van der Waals surface area contributed by atoms with Crippen molar-refractivity contribution >= 4 is 23.4 Å². The summed E-state index contributed by atoms with van der Waals surface area (Å²) >= 11 is 7.94. The first-order valence-electron chi connectivity index (χ1n) is 5.61. The van der Waals surface area contributed by atoms with Crippen molar-refractivity contribution in [3.05, 3.63) is 28.8 Å². The van der Waals surface area contributed by atoms with Crippen LogP contribution in [0.2, 0.25) is 5.02 Å². The molecule has 0 radical (unpaired) electrons. The Bertz CT molecular complexity index is 337. The van der Waals surface area contributed by atoms with Crippen LogP contribution in [0.25, 0.3) is 0 Å². The van der Waals surface area contributed by atoms with Gasteiger partial charge in [-0.25, -0.2) is 0 Å². The second-order valence-electron chi connectivity index (χ2n) is 4.40. The quantitative estimate of drug-likeness (QED) is 0.783. The molecule has 0 aromatic heterocycles. The summed E-state index contributed by atoms with van der Waals surface area (Å²) < 4.78 is 0. The van der Waals surface area contributed by atoms with Gasteiger partial charge in [0.1, 0.15) is 0 Å². The minimum Gasteiger partial charge on any atom is -0.389 e. The summed E-state index contributed by atoms with van der Waals surface area (Å²) in [7, 11) is 0. The van der Waals surface area contributed by atoms with Crippen LogP contribution in [0.4, 0.5) is 0 Å². The van der Waals surface area contributed by atoms with Gasteiger partial charge in [-0.05, 0) is 42.7 Å². The van der Waals surface area contributed by atoms with E-state index < -0.39 is 6.10 Å². The van der Waals surface area contributed by atoms with Crippen LogP contribution in [0.1, 0.15) is 38.9 Å². The highest BCUT2D eigenvalue weighted by Gasteiger charge is 2.06. The number of benzene rings is 1. The molecule has 16 heavy (non-hydrogen) atoms. The zero-order valence-electron chi connectivity index (χ0n) is 10.0. The molecule has 0 aliphatic rings. The standard InChI is InChI=1S/C13H19ClOS/c1-9(2)6-7-16-13-5-4-11(10(3)15)8-12(13)14/h4-5,8-10,15H,6-7H2,1-3H3/t10-/m0/s1. The van der Waals surface area contributed by atoms with Crippen molar-refractivity contribution in [2.75, 3.05) is 5.75 Å². The van der Waals surface area contributed by atoms with Gasteiger partial charge in [0.25, 0.3) is 0 Å². The first kappa shape index (κ1) is 13.9. The second kappa shape index (κ2) is 6.53. The molecule has 0 bridgehead atoms. The smallest absolute Gasteiger partial charge is 0.0762 e. The zero-order valence-corrected chi connectivity index (χ0v) is 11.6. The van der Waals surface area contributed by atoms with Gasteiger partial charge in [0.05, 0.1) is 11.1 Å². The third-order valence-corrected chi connectivity index (χ3v) is 3.92. The van der Waals surface area contributed by atoms with Gasteiger partial charge in [-0.2, -0.15) is 0 Å². The second-order valence-corrected chi connectivity index (χ2v) is 5.94. The molecule has 0 heterocycles. The van der Waals surface area contributed by atoms with Crippen LogP contribution in [-0.2, 0) is 0 Å². The van der Waals surface area contributed by atoms with Crippen molar-refractivity contribution in [1.29, 1.82) is 0 Å². The average molecular weight is 259 g/mol. The molecule has 0 saturated carbocycles. The molecule has 1 nitrogen and oxygen atoms in total. The Kier molecular flexibility index (Phi) is 5.67. The van der Waals surface area contributed by atoms with E-state index >= 15 is 0 Å². The predicted octanol–water partition coefficient (Wildman–Crippen LogP) is 4.53. The van der Waals surface area contributed by atoms with Crippen molar-refractivity contribution in [2.45, 2.75) is 38.2 Å². The molecular formula is C13H19ClOS. The minimum absolute atomic E-state index is 0.452. The van der Waals surface area contributed by atoms with Crippen molar-refractivity contribution in [3.63, 3.8) is 0 Å². The first-order chi connectivity index (χ1) is 7.50. The molecule has 1 rings (SSSR count). The summed E-state index contributed by atoms with van der Waals surface area (Å²) in [6, 6.07) is 5.79. The first-order valence-corrected chi connectivity index (χ1v) is 6.97. The Morgan fingerprint density at radius 2 is 2.00 bits per heavy atom. The number of aliphatic hydroxyl groups excluding tert-OH is 1. The molecule has 0 fully saturated rings. The van der Waals surface area contributed by atoms with Gasteiger partial charge in [0.15, 0.2) is 0 Å². The third kappa shape index (κ3) is 4.36. The van der Waals surface area contributed by atoms with Crippen LogP contribution >= 0.6 is 23.4 Å². The fraction of sp³-hybridized carbons (Fsp3) is 0.538. The Balaban J connectivity index is 2.61. The van der Waals surface area contributed by atoms with Crippen LogP contribution in [0.3, 0.4) is 0 Å². The van der Waals surface area contributed by atoms with E-state index in [1.807, 2.05) is 18.2 Å². The molecule has 0 amide bonds. The number of hydrogen-bond acceptors (Lipinski definition) is 2. The molecule has 1 aromatic carbocycles. The Morgan fingerprint density at radius 1 is 1.31 bits per heavy atom. The highest BCUT2D eigenvalue weighted by molar-refractivity contribution is 7.99. The van der Waals surface area contributed by atoms with Gasteiger partial charge < -0.3 is 5.11 Å². The molecule has 0 unspecified atom stereocenters. The van der Waals surface area contributed by atoms with Gasteiger partial charge in [-0.15, -0.1) is 11.8 Å². The van der Waals surface area contributed by atoms with Gasteiger partial charge in [0, 0.05) is 4.90 Å². The van der Waals surface area contributed by atoms with Gasteiger partial charge in [-0.3, -0.25) is 0 Å². The predicted molar refractivity (Wildman–Crippen MR) is 72.3 cm³/mol. The Labute approximate surface area is 107 Å². The summed E-state index contributed by atoms with van der Waals surface area (Å²) in [5.74, 6) is 1.81. The van der Waals surface area contributed by atoms with E-state index in [9.17, 15) is 5.11 Å².